The second-order valence-electron chi connectivity index (χ2n) is 5.34. The minimum Gasteiger partial charge on any atom is -0.326 e. The van der Waals surface area contributed by atoms with Gasteiger partial charge in [-0.25, -0.2) is 13.1 Å². The third kappa shape index (κ3) is 2.32. The van der Waals surface area contributed by atoms with Crippen molar-refractivity contribution >= 4 is 21.6 Å². The van der Waals surface area contributed by atoms with Crippen molar-refractivity contribution in [3.05, 3.63) is 23.8 Å². The second-order valence-corrected chi connectivity index (χ2v) is 7.05. The van der Waals surface area contributed by atoms with Crippen LogP contribution in [-0.2, 0) is 21.2 Å². The van der Waals surface area contributed by atoms with Gasteiger partial charge >= 0.3 is 0 Å². The molecular weight excluding hydrogens is 278 g/mol. The fourth-order valence-corrected chi connectivity index (χ4v) is 3.79. The molecule has 7 heteroatoms. The quantitative estimate of drug-likeness (QED) is 0.819. The molecule has 1 aliphatic carbocycles. The molecule has 1 fully saturated rings. The molecule has 0 bridgehead atoms. The van der Waals surface area contributed by atoms with Crippen molar-refractivity contribution in [3.8, 4) is 0 Å². The topological polar surface area (TPSA) is 92.5 Å². The van der Waals surface area contributed by atoms with Crippen molar-refractivity contribution in [3.63, 3.8) is 0 Å². The van der Waals surface area contributed by atoms with E-state index in [0.29, 0.717) is 18.7 Å². The summed E-state index contributed by atoms with van der Waals surface area (Å²) in [5.74, 6) is -0.0736. The monoisotopic (exact) mass is 295 g/mol. The van der Waals surface area contributed by atoms with Gasteiger partial charge in [0.15, 0.2) is 0 Å². The number of carbonyl (C=O) groups excluding carboxylic acids is 1. The van der Waals surface area contributed by atoms with Crippen molar-refractivity contribution in [2.75, 3.05) is 11.4 Å². The Bertz CT molecular complexity index is 671. The number of nitrogens with two attached hydrogens (primary N) is 1. The Morgan fingerprint density at radius 3 is 2.75 bits per heavy atom. The summed E-state index contributed by atoms with van der Waals surface area (Å²) in [6.07, 6.45) is 1.43. The first-order valence-electron chi connectivity index (χ1n) is 6.57. The van der Waals surface area contributed by atoms with E-state index in [0.717, 1.165) is 12.0 Å². The molecule has 1 saturated carbocycles. The van der Waals surface area contributed by atoms with Crippen molar-refractivity contribution in [1.82, 2.24) is 4.72 Å². The van der Waals surface area contributed by atoms with E-state index in [2.05, 4.69) is 4.72 Å². The Morgan fingerprint density at radius 2 is 2.15 bits per heavy atom. The molecule has 1 aliphatic heterocycles. The van der Waals surface area contributed by atoms with Crippen molar-refractivity contribution in [2.24, 2.45) is 5.73 Å². The van der Waals surface area contributed by atoms with Gasteiger partial charge in [0.2, 0.25) is 15.9 Å². The second kappa shape index (κ2) is 4.54. The lowest BCUT2D eigenvalue weighted by atomic mass is 10.2. The van der Waals surface area contributed by atoms with Gasteiger partial charge in [0.05, 0.1) is 4.90 Å². The number of anilines is 1. The number of fused-ring (bicyclic) bond motifs is 1. The summed E-state index contributed by atoms with van der Waals surface area (Å²) >= 11 is 0. The van der Waals surface area contributed by atoms with Crippen LogP contribution < -0.4 is 15.4 Å². The van der Waals surface area contributed by atoms with Gasteiger partial charge in [0.25, 0.3) is 0 Å². The van der Waals surface area contributed by atoms with Gasteiger partial charge in [-0.15, -0.1) is 0 Å². The van der Waals surface area contributed by atoms with E-state index in [1.165, 1.54) is 6.92 Å². The maximum atomic E-state index is 12.2. The molecule has 3 N–H and O–H groups in total. The van der Waals surface area contributed by atoms with E-state index < -0.39 is 10.0 Å². The number of benzene rings is 1. The lowest BCUT2D eigenvalue weighted by molar-refractivity contribution is -0.116. The normalized spacial score (nSPS) is 24.6. The fourth-order valence-electron chi connectivity index (χ4n) is 2.47. The van der Waals surface area contributed by atoms with Crippen LogP contribution in [0.1, 0.15) is 18.9 Å². The predicted molar refractivity (Wildman–Crippen MR) is 74.9 cm³/mol. The molecule has 3 rings (SSSR count). The van der Waals surface area contributed by atoms with E-state index in [1.807, 2.05) is 0 Å². The van der Waals surface area contributed by atoms with Crippen LogP contribution in [0.5, 0.6) is 0 Å². The summed E-state index contributed by atoms with van der Waals surface area (Å²) in [5, 5.41) is 0. The van der Waals surface area contributed by atoms with Crippen molar-refractivity contribution in [1.29, 1.82) is 0 Å². The fraction of sp³-hybridized carbons (Fsp3) is 0.462. The summed E-state index contributed by atoms with van der Waals surface area (Å²) in [4.78, 5) is 13.3. The Hall–Kier alpha value is -1.44. The van der Waals surface area contributed by atoms with Crippen LogP contribution in [0.3, 0.4) is 0 Å². The van der Waals surface area contributed by atoms with Gasteiger partial charge in [-0.1, -0.05) is 6.07 Å². The third-order valence-corrected chi connectivity index (χ3v) is 5.28. The lowest BCUT2D eigenvalue weighted by Gasteiger charge is -2.15. The van der Waals surface area contributed by atoms with E-state index >= 15 is 0 Å². The van der Waals surface area contributed by atoms with Crippen molar-refractivity contribution in [2.45, 2.75) is 36.7 Å². The van der Waals surface area contributed by atoms with Gasteiger partial charge in [-0.3, -0.25) is 4.79 Å². The average molecular weight is 295 g/mol. The standard InChI is InChI=1S/C13H17N3O3S/c1-8(17)16-5-4-9-2-3-10(6-13(9)16)20(18,19)15-12-7-11(12)14/h2-3,6,11-12,15H,4-5,7,14H2,1H3. The molecule has 1 aromatic carbocycles. The van der Waals surface area contributed by atoms with Gasteiger partial charge < -0.3 is 10.6 Å². The number of nitrogens with one attached hydrogen (secondary N) is 1. The van der Waals surface area contributed by atoms with Crippen LogP contribution in [-0.4, -0.2) is 33.0 Å². The van der Waals surface area contributed by atoms with Crippen LogP contribution in [0, 0.1) is 0 Å². The third-order valence-electron chi connectivity index (χ3n) is 3.79. The molecule has 1 heterocycles. The Morgan fingerprint density at radius 1 is 1.45 bits per heavy atom. The number of hydrogen-bond acceptors (Lipinski definition) is 4. The summed E-state index contributed by atoms with van der Waals surface area (Å²) in [6, 6.07) is 4.67. The minimum atomic E-state index is -3.57. The SMILES string of the molecule is CC(=O)N1CCc2ccc(S(=O)(=O)NC3CC3N)cc21. The van der Waals surface area contributed by atoms with Gasteiger partial charge in [0.1, 0.15) is 0 Å². The minimum absolute atomic E-state index is 0.0736. The Balaban J connectivity index is 1.92. The first-order valence-corrected chi connectivity index (χ1v) is 8.06. The largest absolute Gasteiger partial charge is 0.326 e. The molecule has 0 radical (unpaired) electrons. The number of hydrogen-bond donors (Lipinski definition) is 2. The van der Waals surface area contributed by atoms with Crippen LogP contribution in [0.25, 0.3) is 0 Å². The number of amides is 1. The Kier molecular flexibility index (Phi) is 3.07. The molecule has 6 nitrogen and oxygen atoms in total. The molecule has 0 spiro atoms. The summed E-state index contributed by atoms with van der Waals surface area (Å²) in [5.41, 5.74) is 7.32. The van der Waals surface area contributed by atoms with Crippen LogP contribution in [0.15, 0.2) is 23.1 Å². The zero-order valence-corrected chi connectivity index (χ0v) is 12.0. The molecule has 2 aliphatic rings. The molecule has 1 amide bonds. The number of carbonyl (C=O) groups is 1. The lowest BCUT2D eigenvalue weighted by Crippen LogP contribution is -2.30. The maximum absolute atomic E-state index is 12.2. The first-order chi connectivity index (χ1) is 9.38. The smallest absolute Gasteiger partial charge is 0.240 e. The van der Waals surface area contributed by atoms with E-state index in [4.69, 9.17) is 5.73 Å². The number of nitrogens with zero attached hydrogens (tertiary/aromatic N) is 1. The predicted octanol–water partition coefficient (Wildman–Crippen LogP) is -0.0265. The van der Waals surface area contributed by atoms with Gasteiger partial charge in [0, 0.05) is 31.2 Å². The highest BCUT2D eigenvalue weighted by molar-refractivity contribution is 7.89. The molecule has 108 valence electrons. The van der Waals surface area contributed by atoms with E-state index in [-0.39, 0.29) is 22.9 Å². The van der Waals surface area contributed by atoms with E-state index in [1.54, 1.807) is 23.1 Å². The average Bonchev–Trinajstić information content (AvgIpc) is 2.91. The van der Waals surface area contributed by atoms with Gasteiger partial charge in [-0.05, 0) is 30.5 Å². The zero-order chi connectivity index (χ0) is 14.5. The highest BCUT2D eigenvalue weighted by atomic mass is 32.2. The molecule has 0 aromatic heterocycles. The van der Waals surface area contributed by atoms with Crippen molar-refractivity contribution < 1.29 is 13.2 Å². The van der Waals surface area contributed by atoms with E-state index in [9.17, 15) is 13.2 Å². The number of rotatable bonds is 3. The molecular formula is C13H17N3O3S. The zero-order valence-electron chi connectivity index (χ0n) is 11.2. The first kappa shape index (κ1) is 13.5. The highest BCUT2D eigenvalue weighted by Crippen LogP contribution is 2.31. The van der Waals surface area contributed by atoms with Crippen LogP contribution in [0.2, 0.25) is 0 Å². The molecule has 1 aromatic rings. The summed E-state index contributed by atoms with van der Waals surface area (Å²) in [7, 11) is -3.57. The summed E-state index contributed by atoms with van der Waals surface area (Å²) in [6.45, 7) is 2.09. The molecule has 0 saturated heterocycles. The van der Waals surface area contributed by atoms with Crippen LogP contribution in [0.4, 0.5) is 5.69 Å². The maximum Gasteiger partial charge on any atom is 0.240 e. The van der Waals surface area contributed by atoms with Gasteiger partial charge in [-0.2, -0.15) is 0 Å². The van der Waals surface area contributed by atoms with Crippen LogP contribution >= 0.6 is 0 Å². The Labute approximate surface area is 118 Å². The highest BCUT2D eigenvalue weighted by Gasteiger charge is 2.37. The number of sulfonamides is 1. The summed E-state index contributed by atoms with van der Waals surface area (Å²) < 4.78 is 27.0. The molecule has 2 unspecified atom stereocenters. The molecule has 2 atom stereocenters. The molecule has 20 heavy (non-hydrogen) atoms.